The lowest BCUT2D eigenvalue weighted by Crippen LogP contribution is -2.29. The molecular formula is C22H27NO3S. The minimum absolute atomic E-state index is 0.0412. The molecule has 1 fully saturated rings. The highest BCUT2D eigenvalue weighted by atomic mass is 32.2. The van der Waals surface area contributed by atoms with Crippen molar-refractivity contribution < 1.29 is 14.6 Å². The van der Waals surface area contributed by atoms with E-state index in [1.54, 1.807) is 11.8 Å². The second kappa shape index (κ2) is 9.29. The van der Waals surface area contributed by atoms with Gasteiger partial charge in [0.25, 0.3) is 0 Å². The van der Waals surface area contributed by atoms with Crippen LogP contribution in [0.4, 0.5) is 0 Å². The molecule has 0 spiro atoms. The zero-order chi connectivity index (χ0) is 19.2. The van der Waals surface area contributed by atoms with E-state index in [0.29, 0.717) is 12.5 Å². The zero-order valence-electron chi connectivity index (χ0n) is 15.9. The lowest BCUT2D eigenvalue weighted by atomic mass is 10.0. The highest BCUT2D eigenvalue weighted by Gasteiger charge is 2.26. The first-order chi connectivity index (χ1) is 13.0. The summed E-state index contributed by atoms with van der Waals surface area (Å²) in [7, 11) is 0. The molecule has 0 radical (unpaired) electrons. The van der Waals surface area contributed by atoms with Gasteiger partial charge in [-0.3, -0.25) is 9.69 Å². The lowest BCUT2D eigenvalue weighted by Gasteiger charge is -2.17. The molecule has 1 aliphatic heterocycles. The number of benzene rings is 2. The maximum absolute atomic E-state index is 10.9. The molecule has 144 valence electrons. The van der Waals surface area contributed by atoms with Gasteiger partial charge >= 0.3 is 5.97 Å². The molecular weight excluding hydrogens is 358 g/mol. The molecule has 2 aromatic carbocycles. The Balaban J connectivity index is 1.63. The Hall–Kier alpha value is -1.98. The largest absolute Gasteiger partial charge is 0.488 e. The predicted octanol–water partition coefficient (Wildman–Crippen LogP) is 4.57. The van der Waals surface area contributed by atoms with Crippen LogP contribution < -0.4 is 4.74 Å². The molecule has 0 saturated carbocycles. The molecule has 0 aliphatic carbocycles. The summed E-state index contributed by atoms with van der Waals surface area (Å²) in [5.41, 5.74) is 1.36. The summed E-state index contributed by atoms with van der Waals surface area (Å²) in [5.74, 6) is 0.744. The van der Waals surface area contributed by atoms with Crippen molar-refractivity contribution in [2.75, 3.05) is 19.6 Å². The number of hydrogen-bond acceptors (Lipinski definition) is 4. The Labute approximate surface area is 165 Å². The van der Waals surface area contributed by atoms with Crippen LogP contribution in [0.5, 0.6) is 5.75 Å². The van der Waals surface area contributed by atoms with E-state index in [0.717, 1.165) is 30.0 Å². The average molecular weight is 386 g/mol. The summed E-state index contributed by atoms with van der Waals surface area (Å²) in [6.45, 7) is 5.98. The van der Waals surface area contributed by atoms with Gasteiger partial charge in [0.05, 0.1) is 11.4 Å². The van der Waals surface area contributed by atoms with Crippen LogP contribution in [-0.4, -0.2) is 41.7 Å². The monoisotopic (exact) mass is 385 g/mol. The number of nitrogens with zero attached hydrogens (tertiary/aromatic N) is 1. The summed E-state index contributed by atoms with van der Waals surface area (Å²) in [6.07, 6.45) is 1.99. The first-order valence-corrected chi connectivity index (χ1v) is 10.3. The molecule has 1 saturated heterocycles. The molecule has 1 heterocycles. The van der Waals surface area contributed by atoms with Gasteiger partial charge < -0.3 is 9.84 Å². The Morgan fingerprint density at radius 3 is 2.67 bits per heavy atom. The number of carboxylic acid groups (broad SMARTS) is 1. The second-order valence-electron chi connectivity index (χ2n) is 7.45. The molecule has 1 unspecified atom stereocenters. The number of rotatable bonds is 8. The maximum Gasteiger partial charge on any atom is 0.317 e. The molecule has 1 N–H and O–H groups in total. The predicted molar refractivity (Wildman–Crippen MR) is 109 cm³/mol. The minimum atomic E-state index is -0.785. The van der Waals surface area contributed by atoms with Crippen molar-refractivity contribution in [3.63, 3.8) is 0 Å². The Morgan fingerprint density at radius 2 is 1.96 bits per heavy atom. The summed E-state index contributed by atoms with van der Waals surface area (Å²) >= 11 is 1.70. The quantitative estimate of drug-likeness (QED) is 0.721. The Bertz CT molecular complexity index is 760. The van der Waals surface area contributed by atoms with Gasteiger partial charge in [-0.2, -0.15) is 0 Å². The highest BCUT2D eigenvalue weighted by Crippen LogP contribution is 2.36. The van der Waals surface area contributed by atoms with Gasteiger partial charge in [-0.05, 0) is 48.6 Å². The van der Waals surface area contributed by atoms with Crippen molar-refractivity contribution in [2.24, 2.45) is 5.92 Å². The van der Waals surface area contributed by atoms with E-state index in [1.165, 1.54) is 10.5 Å². The molecule has 5 heteroatoms. The number of ether oxygens (including phenoxy) is 1. The van der Waals surface area contributed by atoms with E-state index in [9.17, 15) is 4.79 Å². The van der Waals surface area contributed by atoms with Crippen molar-refractivity contribution >= 4 is 17.7 Å². The van der Waals surface area contributed by atoms with Gasteiger partial charge in [-0.15, -0.1) is 0 Å². The van der Waals surface area contributed by atoms with Gasteiger partial charge in [0.2, 0.25) is 0 Å². The third-order valence-electron chi connectivity index (χ3n) is 4.53. The number of likely N-dealkylation sites (tertiary alicyclic amines) is 1. The molecule has 3 rings (SSSR count). The summed E-state index contributed by atoms with van der Waals surface area (Å²) in [6, 6.07) is 16.8. The van der Waals surface area contributed by atoms with E-state index in [4.69, 9.17) is 9.84 Å². The summed E-state index contributed by atoms with van der Waals surface area (Å²) in [4.78, 5) is 15.1. The zero-order valence-corrected chi connectivity index (χ0v) is 16.7. The van der Waals surface area contributed by atoms with Gasteiger partial charge in [0.15, 0.2) is 0 Å². The van der Waals surface area contributed by atoms with E-state index < -0.39 is 5.97 Å². The van der Waals surface area contributed by atoms with Crippen LogP contribution >= 0.6 is 11.8 Å². The number of hydrogen-bond donors (Lipinski definition) is 1. The van der Waals surface area contributed by atoms with E-state index >= 15 is 0 Å². The van der Waals surface area contributed by atoms with Crippen molar-refractivity contribution in [3.8, 4) is 5.75 Å². The van der Waals surface area contributed by atoms with Crippen LogP contribution in [0, 0.1) is 5.92 Å². The maximum atomic E-state index is 10.9. The van der Waals surface area contributed by atoms with Crippen LogP contribution in [0.15, 0.2) is 58.3 Å². The lowest BCUT2D eigenvalue weighted by molar-refractivity contribution is -0.138. The van der Waals surface area contributed by atoms with Gasteiger partial charge in [-0.1, -0.05) is 49.9 Å². The summed E-state index contributed by atoms with van der Waals surface area (Å²) < 4.78 is 6.21. The SMILES string of the molecule is CC(C)Cc1ccc(Sc2ccccc2OC2CCN(CC(=O)O)C2)cc1. The van der Waals surface area contributed by atoms with Crippen molar-refractivity contribution in [1.82, 2.24) is 4.90 Å². The fourth-order valence-electron chi connectivity index (χ4n) is 3.33. The first-order valence-electron chi connectivity index (χ1n) is 9.46. The molecule has 0 aromatic heterocycles. The summed E-state index contributed by atoms with van der Waals surface area (Å²) in [5, 5.41) is 8.94. The number of carboxylic acids is 1. The fraction of sp³-hybridized carbons (Fsp3) is 0.409. The molecule has 1 aliphatic rings. The molecule has 2 aromatic rings. The van der Waals surface area contributed by atoms with Gasteiger partial charge in [0, 0.05) is 18.0 Å². The topological polar surface area (TPSA) is 49.8 Å². The van der Waals surface area contributed by atoms with Crippen LogP contribution in [0.25, 0.3) is 0 Å². The van der Waals surface area contributed by atoms with E-state index in [-0.39, 0.29) is 12.6 Å². The first kappa shape index (κ1) is 19.8. The Morgan fingerprint density at radius 1 is 1.22 bits per heavy atom. The van der Waals surface area contributed by atoms with Crippen LogP contribution in [0.3, 0.4) is 0 Å². The normalized spacial score (nSPS) is 17.4. The Kier molecular flexibility index (Phi) is 6.80. The van der Waals surface area contributed by atoms with Crippen LogP contribution in [0.2, 0.25) is 0 Å². The molecule has 27 heavy (non-hydrogen) atoms. The number of carbonyl (C=O) groups is 1. The van der Waals surface area contributed by atoms with Gasteiger partial charge in [-0.25, -0.2) is 0 Å². The van der Waals surface area contributed by atoms with Crippen molar-refractivity contribution in [2.45, 2.75) is 42.6 Å². The van der Waals surface area contributed by atoms with E-state index in [1.807, 2.05) is 23.1 Å². The van der Waals surface area contributed by atoms with E-state index in [2.05, 4.69) is 44.2 Å². The van der Waals surface area contributed by atoms with Crippen LogP contribution in [-0.2, 0) is 11.2 Å². The van der Waals surface area contributed by atoms with Crippen molar-refractivity contribution in [1.29, 1.82) is 0 Å². The molecule has 4 nitrogen and oxygen atoms in total. The number of aliphatic carboxylic acids is 1. The number of para-hydroxylation sites is 1. The fourth-order valence-corrected chi connectivity index (χ4v) is 4.22. The third-order valence-corrected chi connectivity index (χ3v) is 5.59. The second-order valence-corrected chi connectivity index (χ2v) is 8.56. The molecule has 1 atom stereocenters. The average Bonchev–Trinajstić information content (AvgIpc) is 3.04. The standard InChI is InChI=1S/C22H27NO3S/c1-16(2)13-17-7-9-19(10-8-17)27-21-6-4-3-5-20(21)26-18-11-12-23(14-18)15-22(24)25/h3-10,16,18H,11-15H2,1-2H3,(H,24,25). The molecule has 0 amide bonds. The third kappa shape index (κ3) is 6.01. The smallest absolute Gasteiger partial charge is 0.317 e. The highest BCUT2D eigenvalue weighted by molar-refractivity contribution is 7.99. The molecule has 0 bridgehead atoms. The van der Waals surface area contributed by atoms with Crippen LogP contribution in [0.1, 0.15) is 25.8 Å². The van der Waals surface area contributed by atoms with Gasteiger partial charge in [0.1, 0.15) is 11.9 Å². The van der Waals surface area contributed by atoms with Crippen molar-refractivity contribution in [3.05, 3.63) is 54.1 Å². The minimum Gasteiger partial charge on any atom is -0.488 e.